The minimum atomic E-state index is -3.72. The van der Waals surface area contributed by atoms with Crippen molar-refractivity contribution in [2.45, 2.75) is 11.4 Å². The summed E-state index contributed by atoms with van der Waals surface area (Å²) < 4.78 is 27.5. The largest absolute Gasteiger partial charge is 0.504 e. The van der Waals surface area contributed by atoms with Crippen molar-refractivity contribution in [3.63, 3.8) is 0 Å². The highest BCUT2D eigenvalue weighted by atomic mass is 32.2. The molecule has 0 fully saturated rings. The highest BCUT2D eigenvalue weighted by Gasteiger charge is 2.08. The van der Waals surface area contributed by atoms with Crippen molar-refractivity contribution in [1.29, 1.82) is 0 Å². The molecule has 7 heteroatoms. The summed E-state index contributed by atoms with van der Waals surface area (Å²) in [5.74, 6) is 0.449. The number of hydrogen-bond acceptors (Lipinski definition) is 5. The second-order valence-corrected chi connectivity index (χ2v) is 5.99. The number of nitrogens with one attached hydrogen (secondary N) is 1. The summed E-state index contributed by atoms with van der Waals surface area (Å²) in [7, 11) is -2.24. The van der Waals surface area contributed by atoms with Gasteiger partial charge in [-0.05, 0) is 35.9 Å². The normalized spacial score (nSPS) is 11.1. The third-order valence-corrected chi connectivity index (χ3v) is 3.81. The van der Waals surface area contributed by atoms with E-state index in [1.807, 2.05) is 0 Å². The van der Waals surface area contributed by atoms with E-state index >= 15 is 0 Å². The second kappa shape index (κ2) is 6.02. The third kappa shape index (κ3) is 3.87. The highest BCUT2D eigenvalue weighted by Crippen LogP contribution is 2.26. The number of anilines is 1. The molecule has 0 atom stereocenters. The molecule has 2 aromatic carbocycles. The van der Waals surface area contributed by atoms with Crippen molar-refractivity contribution in [3.8, 4) is 11.5 Å². The van der Waals surface area contributed by atoms with E-state index in [9.17, 15) is 13.5 Å². The Bertz CT molecular complexity index is 744. The van der Waals surface area contributed by atoms with Crippen LogP contribution in [0.3, 0.4) is 0 Å². The summed E-state index contributed by atoms with van der Waals surface area (Å²) in [6.45, 7) is 0.422. The first-order valence-corrected chi connectivity index (χ1v) is 7.67. The lowest BCUT2D eigenvalue weighted by Gasteiger charge is -2.09. The summed E-state index contributed by atoms with van der Waals surface area (Å²) in [4.78, 5) is 0.0464. The molecule has 0 amide bonds. The van der Waals surface area contributed by atoms with E-state index < -0.39 is 10.0 Å². The zero-order valence-electron chi connectivity index (χ0n) is 11.4. The molecular weight excluding hydrogens is 292 g/mol. The van der Waals surface area contributed by atoms with E-state index in [0.717, 1.165) is 5.56 Å². The molecule has 0 bridgehead atoms. The molecule has 0 aromatic heterocycles. The van der Waals surface area contributed by atoms with Crippen LogP contribution in [0.25, 0.3) is 0 Å². The molecule has 2 aromatic rings. The quantitative estimate of drug-likeness (QED) is 0.779. The smallest absolute Gasteiger partial charge is 0.238 e. The summed E-state index contributed by atoms with van der Waals surface area (Å²) in [5, 5.41) is 17.8. The summed E-state index contributed by atoms with van der Waals surface area (Å²) in [5.41, 5.74) is 1.45. The molecule has 0 heterocycles. The maximum Gasteiger partial charge on any atom is 0.238 e. The minimum Gasteiger partial charge on any atom is -0.504 e. The Hall–Kier alpha value is -2.25. The van der Waals surface area contributed by atoms with Gasteiger partial charge in [0.05, 0.1) is 12.0 Å². The molecule has 6 nitrogen and oxygen atoms in total. The molecule has 0 unspecified atom stereocenters. The summed E-state index contributed by atoms with van der Waals surface area (Å²) >= 11 is 0. The van der Waals surface area contributed by atoms with Gasteiger partial charge < -0.3 is 15.2 Å². The third-order valence-electron chi connectivity index (χ3n) is 2.90. The molecule has 4 N–H and O–H groups in total. The van der Waals surface area contributed by atoms with Crippen LogP contribution < -0.4 is 15.2 Å². The second-order valence-electron chi connectivity index (χ2n) is 4.43. The van der Waals surface area contributed by atoms with Gasteiger partial charge in [-0.15, -0.1) is 0 Å². The van der Waals surface area contributed by atoms with Crippen LogP contribution in [0.15, 0.2) is 47.4 Å². The van der Waals surface area contributed by atoms with Gasteiger partial charge in [0.15, 0.2) is 11.5 Å². The number of benzene rings is 2. The molecule has 21 heavy (non-hydrogen) atoms. The van der Waals surface area contributed by atoms with Crippen molar-refractivity contribution < 1.29 is 18.3 Å². The summed E-state index contributed by atoms with van der Waals surface area (Å²) in [6.07, 6.45) is 0. The molecule has 0 aliphatic rings. The van der Waals surface area contributed by atoms with E-state index in [-0.39, 0.29) is 10.6 Å². The van der Waals surface area contributed by atoms with Crippen LogP contribution in [0, 0.1) is 0 Å². The number of rotatable bonds is 5. The Kier molecular flexibility index (Phi) is 4.35. The number of aromatic hydroxyl groups is 1. The first-order valence-electron chi connectivity index (χ1n) is 6.13. The summed E-state index contributed by atoms with van der Waals surface area (Å²) in [6, 6.07) is 11.3. The lowest BCUT2D eigenvalue weighted by atomic mass is 10.2. The molecule has 0 saturated carbocycles. The van der Waals surface area contributed by atoms with Crippen molar-refractivity contribution in [2.75, 3.05) is 12.4 Å². The lowest BCUT2D eigenvalue weighted by molar-refractivity contribution is 0.373. The van der Waals surface area contributed by atoms with E-state index in [1.165, 1.54) is 19.2 Å². The standard InChI is InChI=1S/C14H16N2O4S/c1-20-14-6-5-10(7-13(14)17)9-16-11-3-2-4-12(8-11)21(15,18)19/h2-8,16-17H,9H2,1H3,(H2,15,18,19). The Morgan fingerprint density at radius 1 is 1.24 bits per heavy atom. The highest BCUT2D eigenvalue weighted by molar-refractivity contribution is 7.89. The number of sulfonamides is 1. The van der Waals surface area contributed by atoms with Crippen molar-refractivity contribution in [1.82, 2.24) is 0 Å². The van der Waals surface area contributed by atoms with Crippen LogP contribution in [0.4, 0.5) is 5.69 Å². The first kappa shape index (κ1) is 15.1. The fraction of sp³-hybridized carbons (Fsp3) is 0.143. The maximum absolute atomic E-state index is 11.3. The number of phenolic OH excluding ortho intramolecular Hbond substituents is 1. The predicted molar refractivity (Wildman–Crippen MR) is 79.8 cm³/mol. The predicted octanol–water partition coefficient (Wildman–Crippen LogP) is 1.66. The topological polar surface area (TPSA) is 102 Å². The van der Waals surface area contributed by atoms with Gasteiger partial charge in [0.25, 0.3) is 0 Å². The van der Waals surface area contributed by atoms with Crippen molar-refractivity contribution in [3.05, 3.63) is 48.0 Å². The van der Waals surface area contributed by atoms with Gasteiger partial charge in [-0.3, -0.25) is 0 Å². The maximum atomic E-state index is 11.3. The van der Waals surface area contributed by atoms with Gasteiger partial charge >= 0.3 is 0 Å². The number of methoxy groups -OCH3 is 1. The van der Waals surface area contributed by atoms with E-state index in [2.05, 4.69) is 5.32 Å². The molecule has 0 aliphatic carbocycles. The van der Waals surface area contributed by atoms with Crippen molar-refractivity contribution in [2.24, 2.45) is 5.14 Å². The number of phenols is 1. The van der Waals surface area contributed by atoms with E-state index in [1.54, 1.807) is 30.3 Å². The van der Waals surface area contributed by atoms with Gasteiger partial charge in [0, 0.05) is 12.2 Å². The number of nitrogens with two attached hydrogens (primary N) is 1. The fourth-order valence-corrected chi connectivity index (χ4v) is 2.39. The number of ether oxygens (including phenoxy) is 1. The Labute approximate surface area is 123 Å². The molecule has 0 radical (unpaired) electrons. The average molecular weight is 308 g/mol. The van der Waals surface area contributed by atoms with Crippen LogP contribution in [-0.4, -0.2) is 20.6 Å². The van der Waals surface area contributed by atoms with Gasteiger partial charge in [0.2, 0.25) is 10.0 Å². The van der Waals surface area contributed by atoms with Crippen molar-refractivity contribution >= 4 is 15.7 Å². The van der Waals surface area contributed by atoms with Gasteiger partial charge in [-0.2, -0.15) is 0 Å². The van der Waals surface area contributed by atoms with Crippen LogP contribution in [0.2, 0.25) is 0 Å². The zero-order chi connectivity index (χ0) is 15.5. The molecule has 2 rings (SSSR count). The minimum absolute atomic E-state index is 0.0464. The van der Waals surface area contributed by atoms with Crippen LogP contribution in [0.1, 0.15) is 5.56 Å². The van der Waals surface area contributed by atoms with Crippen LogP contribution >= 0.6 is 0 Å². The van der Waals surface area contributed by atoms with Crippen LogP contribution in [0.5, 0.6) is 11.5 Å². The molecule has 0 aliphatic heterocycles. The van der Waals surface area contributed by atoms with E-state index in [4.69, 9.17) is 9.88 Å². The lowest BCUT2D eigenvalue weighted by Crippen LogP contribution is -2.12. The van der Waals surface area contributed by atoms with E-state index in [0.29, 0.717) is 18.0 Å². The SMILES string of the molecule is COc1ccc(CNc2cccc(S(N)(=O)=O)c2)cc1O. The molecule has 0 saturated heterocycles. The number of hydrogen-bond donors (Lipinski definition) is 3. The Morgan fingerprint density at radius 2 is 2.00 bits per heavy atom. The monoisotopic (exact) mass is 308 g/mol. The first-order chi connectivity index (χ1) is 9.90. The Morgan fingerprint density at radius 3 is 2.62 bits per heavy atom. The molecular formula is C14H16N2O4S. The molecule has 0 spiro atoms. The average Bonchev–Trinajstić information content (AvgIpc) is 2.45. The number of primary sulfonamides is 1. The van der Waals surface area contributed by atoms with Gasteiger partial charge in [-0.1, -0.05) is 12.1 Å². The van der Waals surface area contributed by atoms with Gasteiger partial charge in [0.1, 0.15) is 0 Å². The van der Waals surface area contributed by atoms with Gasteiger partial charge in [-0.25, -0.2) is 13.6 Å². The Balaban J connectivity index is 2.11. The van der Waals surface area contributed by atoms with Crippen LogP contribution in [-0.2, 0) is 16.6 Å². The molecule has 112 valence electrons. The zero-order valence-corrected chi connectivity index (χ0v) is 12.2. The fourth-order valence-electron chi connectivity index (χ4n) is 1.83.